The van der Waals surface area contributed by atoms with E-state index in [4.69, 9.17) is 0 Å². The van der Waals surface area contributed by atoms with Crippen molar-refractivity contribution in [3.05, 3.63) is 34.4 Å². The van der Waals surface area contributed by atoms with E-state index < -0.39 is 0 Å². The maximum atomic E-state index is 2.46. The molecular weight excluding hydrogens is 228 g/mol. The first kappa shape index (κ1) is 16.3. The summed E-state index contributed by atoms with van der Waals surface area (Å²) in [5.41, 5.74) is 6.32. The van der Waals surface area contributed by atoms with Crippen LogP contribution in [0.25, 0.3) is 0 Å². The topological polar surface area (TPSA) is 0 Å². The van der Waals surface area contributed by atoms with Gasteiger partial charge in [-0.1, -0.05) is 67.0 Å². The van der Waals surface area contributed by atoms with Gasteiger partial charge in [-0.2, -0.15) is 0 Å². The Morgan fingerprint density at radius 3 is 1.58 bits per heavy atom. The second-order valence-corrected chi connectivity index (χ2v) is 6.75. The minimum absolute atomic E-state index is 0.621. The van der Waals surface area contributed by atoms with Gasteiger partial charge in [0.2, 0.25) is 0 Å². The van der Waals surface area contributed by atoms with E-state index in [2.05, 4.69) is 60.6 Å². The lowest BCUT2D eigenvalue weighted by molar-refractivity contribution is 0.732. The minimum Gasteiger partial charge on any atom is -0.0654 e. The summed E-state index contributed by atoms with van der Waals surface area (Å²) in [6.45, 7) is 16.2. The summed E-state index contributed by atoms with van der Waals surface area (Å²) >= 11 is 0. The van der Waals surface area contributed by atoms with E-state index in [0.29, 0.717) is 17.8 Å². The molecule has 0 aliphatic heterocycles. The van der Waals surface area contributed by atoms with Gasteiger partial charge >= 0.3 is 0 Å². The number of unbranched alkanes of at least 4 members (excludes halogenated alkanes) is 1. The molecule has 0 bridgehead atoms. The van der Waals surface area contributed by atoms with E-state index in [1.54, 1.807) is 16.7 Å². The summed E-state index contributed by atoms with van der Waals surface area (Å²) in [6.07, 6.45) is 3.83. The second-order valence-electron chi connectivity index (χ2n) is 6.75. The molecule has 0 nitrogen and oxygen atoms in total. The quantitative estimate of drug-likeness (QED) is 0.555. The summed E-state index contributed by atoms with van der Waals surface area (Å²) in [5, 5.41) is 0. The monoisotopic (exact) mass is 260 g/mol. The Hall–Kier alpha value is -0.780. The Kier molecular flexibility index (Phi) is 6.10. The predicted molar refractivity (Wildman–Crippen MR) is 87.3 cm³/mol. The molecule has 0 unspecified atom stereocenters. The van der Waals surface area contributed by atoms with Crippen LogP contribution in [0.3, 0.4) is 0 Å². The molecule has 0 heterocycles. The molecule has 0 aliphatic carbocycles. The molecule has 19 heavy (non-hydrogen) atoms. The van der Waals surface area contributed by atoms with Crippen molar-refractivity contribution >= 4 is 0 Å². The summed E-state index contributed by atoms with van der Waals surface area (Å²) in [6, 6.07) is 4.93. The molecule has 0 saturated carbocycles. The Labute approximate surface area is 120 Å². The van der Waals surface area contributed by atoms with Gasteiger partial charge in [-0.05, 0) is 52.8 Å². The Bertz CT molecular complexity index is 367. The highest BCUT2D eigenvalue weighted by Gasteiger charge is 2.16. The van der Waals surface area contributed by atoms with E-state index in [1.165, 1.54) is 24.8 Å². The van der Waals surface area contributed by atoms with Gasteiger partial charge in [0.25, 0.3) is 0 Å². The van der Waals surface area contributed by atoms with Crippen LogP contribution in [0.1, 0.15) is 101 Å². The first-order valence-electron chi connectivity index (χ1n) is 8.05. The fraction of sp³-hybridized carbons (Fsp3) is 0.684. The summed E-state index contributed by atoms with van der Waals surface area (Å²) in [4.78, 5) is 0. The average Bonchev–Trinajstić information content (AvgIpc) is 2.34. The van der Waals surface area contributed by atoms with Gasteiger partial charge < -0.3 is 0 Å². The fourth-order valence-electron chi connectivity index (χ4n) is 2.75. The van der Waals surface area contributed by atoms with Crippen molar-refractivity contribution in [2.45, 2.75) is 85.5 Å². The molecule has 0 saturated heterocycles. The molecule has 1 aromatic carbocycles. The zero-order valence-electron chi connectivity index (χ0n) is 14.0. The van der Waals surface area contributed by atoms with Crippen LogP contribution in [0.5, 0.6) is 0 Å². The first-order chi connectivity index (χ1) is 8.88. The van der Waals surface area contributed by atoms with Crippen LogP contribution >= 0.6 is 0 Å². The second kappa shape index (κ2) is 7.12. The van der Waals surface area contributed by atoms with Gasteiger partial charge in [0.05, 0.1) is 0 Å². The SMILES string of the molecule is CCCCc1c(C(C)C)cc(C(C)C)cc1C(C)C. The largest absolute Gasteiger partial charge is 0.0654 e. The third-order valence-electron chi connectivity index (χ3n) is 4.03. The zero-order valence-corrected chi connectivity index (χ0v) is 14.0. The van der Waals surface area contributed by atoms with Gasteiger partial charge in [0.1, 0.15) is 0 Å². The van der Waals surface area contributed by atoms with Crippen LogP contribution in [-0.4, -0.2) is 0 Å². The molecule has 0 aliphatic rings. The Morgan fingerprint density at radius 2 is 1.26 bits per heavy atom. The summed E-state index contributed by atoms with van der Waals surface area (Å²) in [7, 11) is 0. The highest BCUT2D eigenvalue weighted by molar-refractivity contribution is 5.43. The molecular formula is C19H32. The molecule has 0 spiro atoms. The van der Waals surface area contributed by atoms with E-state index >= 15 is 0 Å². The summed E-state index contributed by atoms with van der Waals surface area (Å²) in [5.74, 6) is 1.88. The lowest BCUT2D eigenvalue weighted by Crippen LogP contribution is -2.06. The average molecular weight is 260 g/mol. The smallest absolute Gasteiger partial charge is 0.0216 e. The molecule has 108 valence electrons. The maximum Gasteiger partial charge on any atom is -0.0216 e. The van der Waals surface area contributed by atoms with Crippen LogP contribution in [0.4, 0.5) is 0 Å². The predicted octanol–water partition coefficient (Wildman–Crippen LogP) is 6.40. The van der Waals surface area contributed by atoms with E-state index in [-0.39, 0.29) is 0 Å². The van der Waals surface area contributed by atoms with Crippen molar-refractivity contribution in [3.8, 4) is 0 Å². The van der Waals surface area contributed by atoms with Crippen molar-refractivity contribution in [2.24, 2.45) is 0 Å². The van der Waals surface area contributed by atoms with Gasteiger partial charge in [-0.15, -0.1) is 0 Å². The third kappa shape index (κ3) is 4.09. The molecule has 0 fully saturated rings. The highest BCUT2D eigenvalue weighted by Crippen LogP contribution is 2.32. The van der Waals surface area contributed by atoms with Gasteiger partial charge in [0, 0.05) is 0 Å². The van der Waals surface area contributed by atoms with Crippen LogP contribution in [0, 0.1) is 0 Å². The summed E-state index contributed by atoms with van der Waals surface area (Å²) < 4.78 is 0. The standard InChI is InChI=1S/C19H32/c1-8-9-10-17-18(14(4)5)11-16(13(2)3)12-19(17)15(6)7/h11-15H,8-10H2,1-7H3. The zero-order chi connectivity index (χ0) is 14.6. The van der Waals surface area contributed by atoms with Crippen molar-refractivity contribution < 1.29 is 0 Å². The van der Waals surface area contributed by atoms with Crippen molar-refractivity contribution in [1.29, 1.82) is 0 Å². The van der Waals surface area contributed by atoms with Crippen molar-refractivity contribution in [2.75, 3.05) is 0 Å². The van der Waals surface area contributed by atoms with E-state index in [1.807, 2.05) is 0 Å². The lowest BCUT2D eigenvalue weighted by atomic mass is 9.83. The molecule has 1 aromatic rings. The molecule has 1 rings (SSSR count). The number of benzene rings is 1. The maximum absolute atomic E-state index is 2.46. The molecule has 0 amide bonds. The first-order valence-corrected chi connectivity index (χ1v) is 8.05. The van der Waals surface area contributed by atoms with Gasteiger partial charge in [-0.3, -0.25) is 0 Å². The molecule has 0 N–H and O–H groups in total. The van der Waals surface area contributed by atoms with E-state index in [0.717, 1.165) is 0 Å². The normalized spacial score (nSPS) is 11.9. The van der Waals surface area contributed by atoms with Crippen molar-refractivity contribution in [3.63, 3.8) is 0 Å². The third-order valence-corrected chi connectivity index (χ3v) is 4.03. The molecule has 0 atom stereocenters. The van der Waals surface area contributed by atoms with Crippen LogP contribution < -0.4 is 0 Å². The minimum atomic E-state index is 0.621. The number of hydrogen-bond donors (Lipinski definition) is 0. The fourth-order valence-corrected chi connectivity index (χ4v) is 2.75. The molecule has 0 aromatic heterocycles. The van der Waals surface area contributed by atoms with Gasteiger partial charge in [0.15, 0.2) is 0 Å². The number of hydrogen-bond acceptors (Lipinski definition) is 0. The van der Waals surface area contributed by atoms with Crippen LogP contribution in [-0.2, 0) is 6.42 Å². The Balaban J connectivity index is 3.37. The lowest BCUT2D eigenvalue weighted by Gasteiger charge is -2.23. The van der Waals surface area contributed by atoms with Gasteiger partial charge in [-0.25, -0.2) is 0 Å². The van der Waals surface area contributed by atoms with Crippen LogP contribution in [0.15, 0.2) is 12.1 Å². The van der Waals surface area contributed by atoms with Crippen LogP contribution in [0.2, 0.25) is 0 Å². The van der Waals surface area contributed by atoms with E-state index in [9.17, 15) is 0 Å². The number of rotatable bonds is 6. The Morgan fingerprint density at radius 1 is 0.789 bits per heavy atom. The molecule has 0 radical (unpaired) electrons. The highest BCUT2D eigenvalue weighted by atomic mass is 14.2. The van der Waals surface area contributed by atoms with Crippen molar-refractivity contribution in [1.82, 2.24) is 0 Å². The molecule has 0 heteroatoms.